The van der Waals surface area contributed by atoms with Crippen LogP contribution in [0.15, 0.2) is 36.4 Å². The zero-order chi connectivity index (χ0) is 15.8. The zero-order valence-corrected chi connectivity index (χ0v) is 10.2. The number of benzene rings is 2. The summed E-state index contributed by atoms with van der Waals surface area (Å²) in [5, 5.41) is 0. The standard InChI is InChI=1S/C14H7F7/c15-10-6-2-4-8(12(10)16)7-3-1-5-9(14(19,20)21)11(7)13(17)18/h1-6,13H. The molecule has 0 aromatic heterocycles. The molecular weight excluding hydrogens is 301 g/mol. The molecule has 7 heteroatoms. The number of hydrogen-bond donors (Lipinski definition) is 0. The van der Waals surface area contributed by atoms with Crippen LogP contribution < -0.4 is 0 Å². The Hall–Kier alpha value is -2.05. The van der Waals surface area contributed by atoms with Gasteiger partial charge in [0.05, 0.1) is 5.56 Å². The summed E-state index contributed by atoms with van der Waals surface area (Å²) in [6, 6.07) is 4.96. The predicted molar refractivity (Wildman–Crippen MR) is 61.8 cm³/mol. The number of halogens is 7. The molecule has 0 radical (unpaired) electrons. The Morgan fingerprint density at radius 3 is 1.95 bits per heavy atom. The highest BCUT2D eigenvalue weighted by Crippen LogP contribution is 2.42. The topological polar surface area (TPSA) is 0 Å². The molecule has 2 aromatic rings. The van der Waals surface area contributed by atoms with Crippen LogP contribution in [0.3, 0.4) is 0 Å². The quantitative estimate of drug-likeness (QED) is 0.635. The molecule has 0 fully saturated rings. The lowest BCUT2D eigenvalue weighted by Gasteiger charge is -2.17. The summed E-state index contributed by atoms with van der Waals surface area (Å²) in [6.07, 6.45) is -8.51. The van der Waals surface area contributed by atoms with E-state index in [1.165, 1.54) is 0 Å². The highest BCUT2D eigenvalue weighted by Gasteiger charge is 2.37. The van der Waals surface area contributed by atoms with Gasteiger partial charge in [-0.15, -0.1) is 0 Å². The molecule has 0 unspecified atom stereocenters. The second kappa shape index (κ2) is 5.38. The van der Waals surface area contributed by atoms with Crippen LogP contribution in [0, 0.1) is 11.6 Å². The third-order valence-electron chi connectivity index (χ3n) is 2.87. The molecule has 0 nitrogen and oxygen atoms in total. The van der Waals surface area contributed by atoms with Crippen LogP contribution >= 0.6 is 0 Å². The van der Waals surface area contributed by atoms with Crippen LogP contribution in [0.4, 0.5) is 30.7 Å². The van der Waals surface area contributed by atoms with Crippen LogP contribution in [0.25, 0.3) is 11.1 Å². The van der Waals surface area contributed by atoms with Crippen molar-refractivity contribution in [2.45, 2.75) is 12.6 Å². The predicted octanol–water partition coefficient (Wildman–Crippen LogP) is 5.59. The fourth-order valence-corrected chi connectivity index (χ4v) is 1.99. The Kier molecular flexibility index (Phi) is 3.93. The van der Waals surface area contributed by atoms with E-state index in [0.29, 0.717) is 6.07 Å². The molecule has 2 aromatic carbocycles. The lowest BCUT2D eigenvalue weighted by Crippen LogP contribution is -2.11. The van der Waals surface area contributed by atoms with Crippen LogP contribution in [0.1, 0.15) is 17.6 Å². The third kappa shape index (κ3) is 2.86. The van der Waals surface area contributed by atoms with Gasteiger partial charge in [0, 0.05) is 11.1 Å². The Bertz CT molecular complexity index is 659. The van der Waals surface area contributed by atoms with E-state index >= 15 is 0 Å². The van der Waals surface area contributed by atoms with E-state index < -0.39 is 46.5 Å². The summed E-state index contributed by atoms with van der Waals surface area (Å²) in [4.78, 5) is 0. The van der Waals surface area contributed by atoms with Crippen molar-refractivity contribution in [2.24, 2.45) is 0 Å². The maximum atomic E-state index is 13.7. The average Bonchev–Trinajstić information content (AvgIpc) is 2.40. The SMILES string of the molecule is Fc1cccc(-c2cccc(C(F)(F)F)c2C(F)F)c1F. The smallest absolute Gasteiger partial charge is 0.205 e. The maximum absolute atomic E-state index is 13.7. The summed E-state index contributed by atoms with van der Waals surface area (Å²) < 4.78 is 91.2. The maximum Gasteiger partial charge on any atom is 0.416 e. The monoisotopic (exact) mass is 308 g/mol. The molecule has 0 saturated carbocycles. The average molecular weight is 308 g/mol. The molecule has 21 heavy (non-hydrogen) atoms. The highest BCUT2D eigenvalue weighted by molar-refractivity contribution is 5.70. The summed E-state index contributed by atoms with van der Waals surface area (Å²) in [6.45, 7) is 0. The van der Waals surface area contributed by atoms with Gasteiger partial charge < -0.3 is 0 Å². The minimum absolute atomic E-state index is 0.474. The van der Waals surface area contributed by atoms with Crippen molar-refractivity contribution in [3.63, 3.8) is 0 Å². The summed E-state index contributed by atoms with van der Waals surface area (Å²) in [5.74, 6) is -2.80. The van der Waals surface area contributed by atoms with Crippen molar-refractivity contribution in [1.82, 2.24) is 0 Å². The van der Waals surface area contributed by atoms with Gasteiger partial charge in [0.1, 0.15) is 0 Å². The summed E-state index contributed by atoms with van der Waals surface area (Å²) >= 11 is 0. The second-order valence-corrected chi connectivity index (χ2v) is 4.17. The van der Waals surface area contributed by atoms with E-state index in [0.717, 1.165) is 30.3 Å². The number of alkyl halides is 5. The van der Waals surface area contributed by atoms with Gasteiger partial charge in [-0.3, -0.25) is 0 Å². The number of hydrogen-bond acceptors (Lipinski definition) is 0. The summed E-state index contributed by atoms with van der Waals surface area (Å²) in [7, 11) is 0. The Morgan fingerprint density at radius 1 is 0.810 bits per heavy atom. The van der Waals surface area contributed by atoms with E-state index in [9.17, 15) is 30.7 Å². The first-order valence-electron chi connectivity index (χ1n) is 5.66. The molecular formula is C14H7F7. The van der Waals surface area contributed by atoms with Gasteiger partial charge >= 0.3 is 6.18 Å². The molecule has 2 rings (SSSR count). The first kappa shape index (κ1) is 15.3. The largest absolute Gasteiger partial charge is 0.416 e. The minimum atomic E-state index is -5.02. The molecule has 0 aliphatic rings. The van der Waals surface area contributed by atoms with E-state index in [1.54, 1.807) is 0 Å². The van der Waals surface area contributed by atoms with Crippen molar-refractivity contribution >= 4 is 0 Å². The lowest BCUT2D eigenvalue weighted by molar-refractivity contribution is -0.139. The zero-order valence-electron chi connectivity index (χ0n) is 10.2. The second-order valence-electron chi connectivity index (χ2n) is 4.17. The van der Waals surface area contributed by atoms with E-state index in [1.807, 2.05) is 0 Å². The Balaban J connectivity index is 2.78. The van der Waals surface area contributed by atoms with Crippen molar-refractivity contribution in [1.29, 1.82) is 0 Å². The molecule has 112 valence electrons. The van der Waals surface area contributed by atoms with Crippen LogP contribution in [0.5, 0.6) is 0 Å². The van der Waals surface area contributed by atoms with Crippen molar-refractivity contribution in [3.05, 3.63) is 59.2 Å². The fraction of sp³-hybridized carbons (Fsp3) is 0.143. The van der Waals surface area contributed by atoms with Gasteiger partial charge in [-0.2, -0.15) is 13.2 Å². The Labute approximate surface area is 114 Å². The van der Waals surface area contributed by atoms with E-state index in [2.05, 4.69) is 0 Å². The van der Waals surface area contributed by atoms with Crippen molar-refractivity contribution < 1.29 is 30.7 Å². The van der Waals surface area contributed by atoms with Gasteiger partial charge in [-0.05, 0) is 17.7 Å². The molecule has 0 aliphatic heterocycles. The van der Waals surface area contributed by atoms with Gasteiger partial charge in [0.25, 0.3) is 6.43 Å². The molecule has 0 N–H and O–H groups in total. The van der Waals surface area contributed by atoms with Gasteiger partial charge in [0.15, 0.2) is 11.6 Å². The van der Waals surface area contributed by atoms with Crippen molar-refractivity contribution in [2.75, 3.05) is 0 Å². The first-order valence-corrected chi connectivity index (χ1v) is 5.66. The fourth-order valence-electron chi connectivity index (χ4n) is 1.99. The van der Waals surface area contributed by atoms with E-state index in [-0.39, 0.29) is 0 Å². The third-order valence-corrected chi connectivity index (χ3v) is 2.87. The molecule has 0 bridgehead atoms. The van der Waals surface area contributed by atoms with Crippen LogP contribution in [0.2, 0.25) is 0 Å². The molecule has 0 heterocycles. The lowest BCUT2D eigenvalue weighted by atomic mass is 9.95. The minimum Gasteiger partial charge on any atom is -0.205 e. The molecule has 0 saturated heterocycles. The van der Waals surface area contributed by atoms with Gasteiger partial charge in [0.2, 0.25) is 0 Å². The Morgan fingerprint density at radius 2 is 1.38 bits per heavy atom. The first-order chi connectivity index (χ1) is 9.73. The molecule has 0 aliphatic carbocycles. The van der Waals surface area contributed by atoms with Gasteiger partial charge in [-0.1, -0.05) is 24.3 Å². The van der Waals surface area contributed by atoms with Gasteiger partial charge in [-0.25, -0.2) is 17.6 Å². The van der Waals surface area contributed by atoms with Crippen molar-refractivity contribution in [3.8, 4) is 11.1 Å². The molecule has 0 atom stereocenters. The normalized spacial score (nSPS) is 12.0. The van der Waals surface area contributed by atoms with Crippen LogP contribution in [-0.4, -0.2) is 0 Å². The number of rotatable bonds is 2. The summed E-state index contributed by atoms with van der Waals surface area (Å²) in [5.41, 5.74) is -4.26. The van der Waals surface area contributed by atoms with E-state index in [4.69, 9.17) is 0 Å². The molecule has 0 amide bonds. The highest BCUT2D eigenvalue weighted by atomic mass is 19.4. The van der Waals surface area contributed by atoms with Crippen LogP contribution in [-0.2, 0) is 6.18 Å². The molecule has 0 spiro atoms.